The lowest BCUT2D eigenvalue weighted by Crippen LogP contribution is -2.56. The van der Waals surface area contributed by atoms with Gasteiger partial charge < -0.3 is 9.84 Å². The van der Waals surface area contributed by atoms with Crippen LogP contribution in [0.25, 0.3) is 0 Å². The Balaban J connectivity index is 2.18. The lowest BCUT2D eigenvalue weighted by Gasteiger charge is -2.47. The zero-order valence-electron chi connectivity index (χ0n) is 12.6. The van der Waals surface area contributed by atoms with Gasteiger partial charge in [-0.25, -0.2) is 0 Å². The van der Waals surface area contributed by atoms with Crippen LogP contribution in [0.4, 0.5) is 0 Å². The predicted octanol–water partition coefficient (Wildman–Crippen LogP) is 3.43. The Bertz CT molecular complexity index is 380. The van der Waals surface area contributed by atoms with Crippen molar-refractivity contribution in [2.24, 2.45) is 0 Å². The minimum Gasteiger partial charge on any atom is -0.473 e. The molecular formula is C17H27NO2. The quantitative estimate of drug-likeness (QED) is 0.829. The predicted molar refractivity (Wildman–Crippen MR) is 81.8 cm³/mol. The molecule has 0 radical (unpaired) electrons. The van der Waals surface area contributed by atoms with E-state index in [1.165, 1.54) is 12.8 Å². The van der Waals surface area contributed by atoms with Gasteiger partial charge in [-0.1, -0.05) is 25.1 Å². The topological polar surface area (TPSA) is 32.7 Å². The summed E-state index contributed by atoms with van der Waals surface area (Å²) < 4.78 is 6.42. The van der Waals surface area contributed by atoms with Crippen molar-refractivity contribution in [3.05, 3.63) is 30.3 Å². The number of aliphatic hydroxyl groups excluding tert-OH is 1. The Morgan fingerprint density at radius 3 is 2.75 bits per heavy atom. The standard InChI is InChI=1S/C17H27NO2/c1-2-13-18-14-7-6-11-17(18,12-8-15-19)20-16-9-4-3-5-10-16/h3-5,9-10,19H,2,6-8,11-15H2,1H3. The van der Waals surface area contributed by atoms with Crippen molar-refractivity contribution in [3.63, 3.8) is 0 Å². The summed E-state index contributed by atoms with van der Waals surface area (Å²) in [5.74, 6) is 0.938. The highest BCUT2D eigenvalue weighted by Gasteiger charge is 2.40. The molecule has 1 heterocycles. The number of rotatable bonds is 7. The molecule has 1 aliphatic rings. The molecule has 1 aliphatic heterocycles. The molecule has 0 aromatic heterocycles. The van der Waals surface area contributed by atoms with E-state index < -0.39 is 0 Å². The average Bonchev–Trinajstić information content (AvgIpc) is 2.49. The first-order valence-corrected chi connectivity index (χ1v) is 7.91. The molecule has 3 heteroatoms. The van der Waals surface area contributed by atoms with Gasteiger partial charge in [-0.3, -0.25) is 4.90 Å². The van der Waals surface area contributed by atoms with Gasteiger partial charge in [-0.2, -0.15) is 0 Å². The number of benzene rings is 1. The highest BCUT2D eigenvalue weighted by Crippen LogP contribution is 2.35. The fourth-order valence-corrected chi connectivity index (χ4v) is 3.16. The van der Waals surface area contributed by atoms with Crippen molar-refractivity contribution in [1.29, 1.82) is 0 Å². The van der Waals surface area contributed by atoms with E-state index in [9.17, 15) is 5.11 Å². The summed E-state index contributed by atoms with van der Waals surface area (Å²) in [6.07, 6.45) is 6.35. The van der Waals surface area contributed by atoms with Crippen molar-refractivity contribution in [1.82, 2.24) is 4.90 Å². The third-order valence-electron chi connectivity index (χ3n) is 4.09. The smallest absolute Gasteiger partial charge is 0.163 e. The van der Waals surface area contributed by atoms with E-state index in [1.54, 1.807) is 0 Å². The molecule has 1 aromatic carbocycles. The van der Waals surface area contributed by atoms with E-state index in [-0.39, 0.29) is 12.3 Å². The lowest BCUT2D eigenvalue weighted by molar-refractivity contribution is -0.118. The number of likely N-dealkylation sites (tertiary alicyclic amines) is 1. The number of piperidine rings is 1. The van der Waals surface area contributed by atoms with Crippen LogP contribution >= 0.6 is 0 Å². The normalized spacial score (nSPS) is 23.7. The van der Waals surface area contributed by atoms with E-state index in [1.807, 2.05) is 30.3 Å². The van der Waals surface area contributed by atoms with Crippen LogP contribution in [-0.4, -0.2) is 35.4 Å². The molecule has 0 aliphatic carbocycles. The van der Waals surface area contributed by atoms with Crippen LogP contribution in [0.2, 0.25) is 0 Å². The molecule has 3 nitrogen and oxygen atoms in total. The SMILES string of the molecule is CCCN1CCCCC1(CCCO)Oc1ccccc1. The van der Waals surface area contributed by atoms with Gasteiger partial charge in [0, 0.05) is 32.5 Å². The number of nitrogens with zero attached hydrogens (tertiary/aromatic N) is 1. The van der Waals surface area contributed by atoms with Crippen LogP contribution in [0.3, 0.4) is 0 Å². The minimum absolute atomic E-state index is 0.224. The third-order valence-corrected chi connectivity index (χ3v) is 4.09. The Kier molecular flexibility index (Phi) is 5.86. The largest absolute Gasteiger partial charge is 0.473 e. The Morgan fingerprint density at radius 1 is 1.25 bits per heavy atom. The maximum atomic E-state index is 9.22. The number of aliphatic hydroxyl groups is 1. The molecule has 0 spiro atoms. The molecule has 0 bridgehead atoms. The molecular weight excluding hydrogens is 250 g/mol. The van der Waals surface area contributed by atoms with Gasteiger partial charge in [0.05, 0.1) is 0 Å². The first-order valence-electron chi connectivity index (χ1n) is 7.91. The van der Waals surface area contributed by atoms with Crippen molar-refractivity contribution < 1.29 is 9.84 Å². The van der Waals surface area contributed by atoms with Gasteiger partial charge in [-0.05, 0) is 37.8 Å². The van der Waals surface area contributed by atoms with E-state index >= 15 is 0 Å². The van der Waals surface area contributed by atoms with Gasteiger partial charge in [0.1, 0.15) is 5.75 Å². The molecule has 1 aromatic rings. The van der Waals surface area contributed by atoms with Crippen molar-refractivity contribution in [2.75, 3.05) is 19.7 Å². The molecule has 1 fully saturated rings. The van der Waals surface area contributed by atoms with Gasteiger partial charge in [0.25, 0.3) is 0 Å². The highest BCUT2D eigenvalue weighted by atomic mass is 16.5. The molecule has 1 atom stereocenters. The second-order valence-electron chi connectivity index (χ2n) is 5.63. The molecule has 0 saturated carbocycles. The van der Waals surface area contributed by atoms with Crippen molar-refractivity contribution >= 4 is 0 Å². The highest BCUT2D eigenvalue weighted by molar-refractivity contribution is 5.22. The van der Waals surface area contributed by atoms with E-state index in [2.05, 4.69) is 11.8 Å². The Labute approximate surface area is 122 Å². The second kappa shape index (κ2) is 7.65. The van der Waals surface area contributed by atoms with Crippen LogP contribution in [0, 0.1) is 0 Å². The fraction of sp³-hybridized carbons (Fsp3) is 0.647. The van der Waals surface area contributed by atoms with Gasteiger partial charge in [0.2, 0.25) is 0 Å². The summed E-state index contributed by atoms with van der Waals surface area (Å²) in [6, 6.07) is 10.1. The van der Waals surface area contributed by atoms with Gasteiger partial charge in [-0.15, -0.1) is 0 Å². The lowest BCUT2D eigenvalue weighted by atomic mass is 9.93. The van der Waals surface area contributed by atoms with Crippen LogP contribution < -0.4 is 4.74 Å². The van der Waals surface area contributed by atoms with Crippen LogP contribution in [0.15, 0.2) is 30.3 Å². The van der Waals surface area contributed by atoms with E-state index in [0.29, 0.717) is 0 Å². The number of ether oxygens (including phenoxy) is 1. The third kappa shape index (κ3) is 3.74. The zero-order chi connectivity index (χ0) is 14.3. The van der Waals surface area contributed by atoms with Gasteiger partial charge >= 0.3 is 0 Å². The first-order chi connectivity index (χ1) is 9.80. The summed E-state index contributed by atoms with van der Waals surface area (Å²) in [5, 5.41) is 9.22. The number of para-hydroxylation sites is 1. The second-order valence-corrected chi connectivity index (χ2v) is 5.63. The molecule has 1 unspecified atom stereocenters. The molecule has 112 valence electrons. The fourth-order valence-electron chi connectivity index (χ4n) is 3.16. The average molecular weight is 277 g/mol. The number of hydrogen-bond acceptors (Lipinski definition) is 3. The van der Waals surface area contributed by atoms with Crippen LogP contribution in [0.1, 0.15) is 45.4 Å². The summed E-state index contributed by atoms with van der Waals surface area (Å²) in [7, 11) is 0. The summed E-state index contributed by atoms with van der Waals surface area (Å²) in [6.45, 7) is 4.62. The van der Waals surface area contributed by atoms with Gasteiger partial charge in [0.15, 0.2) is 5.72 Å². The first kappa shape index (κ1) is 15.3. The van der Waals surface area contributed by atoms with E-state index in [4.69, 9.17) is 4.74 Å². The molecule has 20 heavy (non-hydrogen) atoms. The minimum atomic E-state index is -0.224. The molecule has 1 saturated heterocycles. The number of hydrogen-bond donors (Lipinski definition) is 1. The maximum absolute atomic E-state index is 9.22. The molecule has 1 N–H and O–H groups in total. The Morgan fingerprint density at radius 2 is 2.05 bits per heavy atom. The summed E-state index contributed by atoms with van der Waals surface area (Å²) >= 11 is 0. The molecule has 0 amide bonds. The van der Waals surface area contributed by atoms with Crippen molar-refractivity contribution in [2.45, 2.75) is 51.2 Å². The zero-order valence-corrected chi connectivity index (χ0v) is 12.6. The van der Waals surface area contributed by atoms with E-state index in [0.717, 1.165) is 44.5 Å². The monoisotopic (exact) mass is 277 g/mol. The summed E-state index contributed by atoms with van der Waals surface area (Å²) in [5.41, 5.74) is -0.224. The van der Waals surface area contributed by atoms with Crippen LogP contribution in [0.5, 0.6) is 5.75 Å². The summed E-state index contributed by atoms with van der Waals surface area (Å²) in [4.78, 5) is 2.49. The Hall–Kier alpha value is -1.06. The molecule has 2 rings (SSSR count). The van der Waals surface area contributed by atoms with Crippen molar-refractivity contribution in [3.8, 4) is 5.75 Å². The van der Waals surface area contributed by atoms with Crippen LogP contribution in [-0.2, 0) is 0 Å². The maximum Gasteiger partial charge on any atom is 0.163 e.